The molecular formula is C56H59ClN4O14P+. The first-order chi connectivity index (χ1) is 36.6. The van der Waals surface area contributed by atoms with Crippen molar-refractivity contribution in [2.24, 2.45) is 0 Å². The zero-order chi connectivity index (χ0) is 53.8. The number of hydroxylamine groups is 3. The molecule has 5 aromatic carbocycles. The van der Waals surface area contributed by atoms with Gasteiger partial charge in [-0.2, -0.15) is 9.51 Å². The Bertz CT molecular complexity index is 3070. The minimum atomic E-state index is -4.67. The van der Waals surface area contributed by atoms with Crippen LogP contribution in [-0.2, 0) is 52.8 Å². The fourth-order valence-corrected chi connectivity index (χ4v) is 12.3. The van der Waals surface area contributed by atoms with E-state index in [9.17, 15) is 19.2 Å². The number of fused-ring (bicyclic) bond motifs is 3. The predicted molar refractivity (Wildman–Crippen MR) is 278 cm³/mol. The van der Waals surface area contributed by atoms with Gasteiger partial charge < -0.3 is 38.6 Å². The molecule has 6 aromatic rings. The molecule has 1 saturated heterocycles. The Balaban J connectivity index is 1.10. The Hall–Kier alpha value is -6.73. The monoisotopic (exact) mass is 1080 g/mol. The molecule has 20 heteroatoms. The normalized spacial score (nSPS) is 22.1. The summed E-state index contributed by atoms with van der Waals surface area (Å²) in [6.07, 6.45) is -5.55. The number of anilines is 1. The van der Waals surface area contributed by atoms with Gasteiger partial charge in [-0.25, -0.2) is 4.79 Å². The summed E-state index contributed by atoms with van der Waals surface area (Å²) in [4.78, 5) is 72.0. The Morgan fingerprint density at radius 1 is 0.763 bits per heavy atom. The van der Waals surface area contributed by atoms with Crippen LogP contribution in [-0.4, -0.2) is 82.8 Å². The number of esters is 3. The van der Waals surface area contributed by atoms with Gasteiger partial charge in [0.05, 0.1) is 17.7 Å². The van der Waals surface area contributed by atoms with E-state index in [1.165, 1.54) is 37.6 Å². The molecule has 1 aromatic heterocycles. The number of ether oxygens (including phenoxy) is 6. The summed E-state index contributed by atoms with van der Waals surface area (Å²) >= 11 is 6.61. The third-order valence-corrected chi connectivity index (χ3v) is 15.6. The molecule has 2 aliphatic heterocycles. The highest BCUT2D eigenvalue weighted by Gasteiger charge is 2.55. The highest BCUT2D eigenvalue weighted by Crippen LogP contribution is 2.60. The van der Waals surface area contributed by atoms with Crippen LogP contribution in [0.2, 0.25) is 5.02 Å². The molecule has 1 N–H and O–H groups in total. The second kappa shape index (κ2) is 22.9. The topological polar surface area (TPSA) is 204 Å². The van der Waals surface area contributed by atoms with Crippen molar-refractivity contribution in [1.82, 2.24) is 9.55 Å². The molecule has 0 amide bonds. The van der Waals surface area contributed by atoms with E-state index >= 15 is 4.89 Å². The second-order valence-electron chi connectivity index (χ2n) is 18.5. The summed E-state index contributed by atoms with van der Waals surface area (Å²) < 4.78 is 58.3. The van der Waals surface area contributed by atoms with Crippen LogP contribution in [0.25, 0.3) is 0 Å². The Morgan fingerprint density at radius 3 is 1.96 bits per heavy atom. The highest BCUT2D eigenvalue weighted by atomic mass is 35.5. The van der Waals surface area contributed by atoms with E-state index in [2.05, 4.69) is 10.3 Å². The van der Waals surface area contributed by atoms with Crippen LogP contribution < -0.4 is 25.2 Å². The number of phosphoric ester groups is 1. The van der Waals surface area contributed by atoms with Crippen molar-refractivity contribution in [1.29, 1.82) is 0 Å². The van der Waals surface area contributed by atoms with Gasteiger partial charge in [-0.15, -0.1) is 4.65 Å². The van der Waals surface area contributed by atoms with Crippen LogP contribution >= 0.6 is 19.8 Å². The summed E-state index contributed by atoms with van der Waals surface area (Å²) in [5.74, 6) is -0.794. The number of rotatable bonds is 19. The number of para-hydroxylation sites is 3. The molecule has 0 radical (unpaired) electrons. The third kappa shape index (κ3) is 11.1. The molecule has 18 nitrogen and oxygen atoms in total. The number of nitrogens with one attached hydrogen (secondary N) is 1. The number of benzene rings is 5. The van der Waals surface area contributed by atoms with Crippen molar-refractivity contribution in [2.45, 2.75) is 96.4 Å². The highest BCUT2D eigenvalue weighted by molar-refractivity contribution is 7.54. The lowest BCUT2D eigenvalue weighted by molar-refractivity contribution is -1.08. The minimum absolute atomic E-state index is 0.0527. The number of carbonyl (C=O) groups is 3. The Kier molecular flexibility index (Phi) is 16.3. The van der Waals surface area contributed by atoms with E-state index in [0.717, 1.165) is 16.7 Å². The quantitative estimate of drug-likeness (QED) is 0.0264. The van der Waals surface area contributed by atoms with E-state index < -0.39 is 80.2 Å². The SMILES string of the molecule is CC[N+](CC)(CC)O[P+]([O-])(Oc1ccccc1Cl)O[C@H]1C[C@H](n2ccc(N[C@@H]3c4ccccc4[C@H](OC(C)=O)[C@@H](OC(C)=O)[C@H]3OC(C)=O)nc2=O)O[C@@H]1COC1(c2ccccc2)c2ccccc2Oc2ccccc21. The van der Waals surface area contributed by atoms with Crippen LogP contribution in [0.5, 0.6) is 17.2 Å². The number of quaternary nitrogens is 1. The van der Waals surface area contributed by atoms with Gasteiger partial charge in [0.2, 0.25) is 0 Å². The maximum absolute atomic E-state index is 15.5. The molecular weight excluding hydrogens is 1020 g/mol. The maximum atomic E-state index is 15.5. The van der Waals surface area contributed by atoms with Gasteiger partial charge in [0.25, 0.3) is 0 Å². The molecule has 0 saturated carbocycles. The first-order valence-electron chi connectivity index (χ1n) is 25.1. The van der Waals surface area contributed by atoms with Gasteiger partial charge in [-0.1, -0.05) is 115 Å². The molecule has 1 fully saturated rings. The zero-order valence-corrected chi connectivity index (χ0v) is 44.4. The molecule has 8 atom stereocenters. The van der Waals surface area contributed by atoms with Gasteiger partial charge in [0.15, 0.2) is 29.7 Å². The molecule has 1 aliphatic carbocycles. The lowest BCUT2D eigenvalue weighted by Gasteiger charge is -2.42. The van der Waals surface area contributed by atoms with E-state index in [4.69, 9.17) is 53.7 Å². The van der Waals surface area contributed by atoms with Gasteiger partial charge >= 0.3 is 31.8 Å². The number of halogens is 1. The van der Waals surface area contributed by atoms with Crippen LogP contribution in [0.4, 0.5) is 5.82 Å². The zero-order valence-electron chi connectivity index (χ0n) is 42.7. The van der Waals surface area contributed by atoms with E-state index in [0.29, 0.717) is 42.3 Å². The van der Waals surface area contributed by atoms with Crippen molar-refractivity contribution < 1.29 is 66.0 Å². The smallest absolute Gasteiger partial charge is 0.494 e. The third-order valence-electron chi connectivity index (χ3n) is 13.8. The first kappa shape index (κ1) is 54.1. The summed E-state index contributed by atoms with van der Waals surface area (Å²) in [6.45, 7) is 10.4. The van der Waals surface area contributed by atoms with Crippen molar-refractivity contribution in [2.75, 3.05) is 31.6 Å². The molecule has 3 heterocycles. The van der Waals surface area contributed by atoms with Crippen molar-refractivity contribution in [3.8, 4) is 17.2 Å². The lowest BCUT2D eigenvalue weighted by Crippen LogP contribution is -2.50. The summed E-state index contributed by atoms with van der Waals surface area (Å²) in [7, 11) is -4.67. The number of carbonyl (C=O) groups excluding carboxylic acids is 3. The van der Waals surface area contributed by atoms with Gasteiger partial charge in [0, 0.05) is 54.7 Å². The summed E-state index contributed by atoms with van der Waals surface area (Å²) in [5.41, 5.74) is 1.20. The van der Waals surface area contributed by atoms with Crippen LogP contribution in [0, 0.1) is 0 Å². The lowest BCUT2D eigenvalue weighted by atomic mass is 9.77. The second-order valence-corrected chi connectivity index (χ2v) is 20.3. The van der Waals surface area contributed by atoms with Crippen molar-refractivity contribution >= 4 is 43.5 Å². The molecule has 0 bridgehead atoms. The van der Waals surface area contributed by atoms with Gasteiger partial charge in [-0.05, 0) is 62.2 Å². The minimum Gasteiger partial charge on any atom is -0.594 e. The molecule has 9 rings (SSSR count). The number of hydrogen-bond acceptors (Lipinski definition) is 16. The Labute approximate surface area is 445 Å². The van der Waals surface area contributed by atoms with Crippen molar-refractivity contribution in [3.05, 3.63) is 183 Å². The summed E-state index contributed by atoms with van der Waals surface area (Å²) in [5, 5.41) is 3.40. The van der Waals surface area contributed by atoms with Crippen LogP contribution in [0.1, 0.15) is 94.2 Å². The number of phosphoric acid groups is 1. The maximum Gasteiger partial charge on any atom is 0.494 e. The van der Waals surface area contributed by atoms with Crippen molar-refractivity contribution in [3.63, 3.8) is 0 Å². The predicted octanol–water partition coefficient (Wildman–Crippen LogP) is 9.24. The summed E-state index contributed by atoms with van der Waals surface area (Å²) in [6, 6.07) is 39.0. The molecule has 3 aliphatic rings. The van der Waals surface area contributed by atoms with Gasteiger partial charge in [-0.3, -0.25) is 23.5 Å². The van der Waals surface area contributed by atoms with Crippen LogP contribution in [0.15, 0.2) is 144 Å². The average Bonchev–Trinajstić information content (AvgIpc) is 3.80. The van der Waals surface area contributed by atoms with Gasteiger partial charge in [0.1, 0.15) is 55.4 Å². The molecule has 1 unspecified atom stereocenters. The largest absolute Gasteiger partial charge is 0.594 e. The molecule has 0 spiro atoms. The van der Waals surface area contributed by atoms with E-state index in [1.54, 1.807) is 48.5 Å². The molecule has 76 heavy (non-hydrogen) atoms. The fraction of sp³-hybridized carbons (Fsp3) is 0.339. The molecule has 398 valence electrons. The van der Waals surface area contributed by atoms with Crippen LogP contribution in [0.3, 0.4) is 0 Å². The number of aromatic nitrogens is 2. The van der Waals surface area contributed by atoms with E-state index in [1.807, 2.05) is 99.6 Å². The number of hydrogen-bond donors (Lipinski definition) is 1. The standard InChI is InChI=1S/C56H58ClN4O14P/c1-7-61(8-2,9-3)75-76(66,73-46-30-20-17-27-43(46)57)74-47-33-50(72-48(47)34-67-56(38-21-11-10-12-22-38)41-25-15-18-28-44(41)71-45-29-19-16-26-42(45)56)60-32-31-49(59-55(60)65)58-51-39-23-13-14-24-40(39)52(68-35(4)62)54(70-37(6)64)53(51)69-36(5)63/h10-32,47-48,50-54H,7-9,33-34H2,1-6H3/p+1/t47-,48+,50+,51+,52-,53-,54+,76?/m0/s1. The fourth-order valence-electron chi connectivity index (χ4n) is 10.2. The first-order valence-corrected chi connectivity index (χ1v) is 26.9. The average molecular weight is 1080 g/mol. The Morgan fingerprint density at radius 2 is 1.34 bits per heavy atom. The van der Waals surface area contributed by atoms with E-state index in [-0.39, 0.29) is 34.3 Å². The number of nitrogens with zero attached hydrogens (tertiary/aromatic N) is 3.